The molecule has 0 bridgehead atoms. The van der Waals surface area contributed by atoms with Crippen LogP contribution >= 0.6 is 11.6 Å². The second kappa shape index (κ2) is 6.72. The fraction of sp³-hybridized carbons (Fsp3) is 0.364. The highest BCUT2D eigenvalue weighted by atomic mass is 35.5. The SMILES string of the molecule is COC(=O)CCCS(=O)(=O)Nc1ccc(F)cc1Cl. The van der Waals surface area contributed by atoms with Crippen LogP contribution in [0.2, 0.25) is 5.02 Å². The van der Waals surface area contributed by atoms with Gasteiger partial charge in [-0.2, -0.15) is 0 Å². The number of hydrogen-bond donors (Lipinski definition) is 1. The van der Waals surface area contributed by atoms with E-state index in [1.54, 1.807) is 0 Å². The summed E-state index contributed by atoms with van der Waals surface area (Å²) in [5, 5.41) is -0.0310. The highest BCUT2D eigenvalue weighted by Gasteiger charge is 2.14. The number of hydrogen-bond acceptors (Lipinski definition) is 4. The molecule has 0 aromatic heterocycles. The van der Waals surface area contributed by atoms with E-state index in [-0.39, 0.29) is 29.3 Å². The van der Waals surface area contributed by atoms with E-state index < -0.39 is 21.8 Å². The average molecular weight is 310 g/mol. The van der Waals surface area contributed by atoms with E-state index in [1.807, 2.05) is 0 Å². The van der Waals surface area contributed by atoms with Gasteiger partial charge in [0, 0.05) is 6.42 Å². The van der Waals surface area contributed by atoms with Crippen LogP contribution in [0.1, 0.15) is 12.8 Å². The van der Waals surface area contributed by atoms with Crippen LogP contribution in [0.3, 0.4) is 0 Å². The number of benzene rings is 1. The fourth-order valence-corrected chi connectivity index (χ4v) is 2.71. The van der Waals surface area contributed by atoms with Crippen LogP contribution in [-0.2, 0) is 19.6 Å². The minimum absolute atomic E-state index is 0.00849. The van der Waals surface area contributed by atoms with Gasteiger partial charge in [-0.1, -0.05) is 11.6 Å². The van der Waals surface area contributed by atoms with E-state index in [0.29, 0.717) is 0 Å². The summed E-state index contributed by atoms with van der Waals surface area (Å²) in [6.07, 6.45) is 0.134. The summed E-state index contributed by atoms with van der Waals surface area (Å²) in [5.74, 6) is -1.29. The fourth-order valence-electron chi connectivity index (χ4n) is 1.30. The van der Waals surface area contributed by atoms with Gasteiger partial charge in [0.05, 0.1) is 23.6 Å². The van der Waals surface area contributed by atoms with Gasteiger partial charge in [0.15, 0.2) is 0 Å². The summed E-state index contributed by atoms with van der Waals surface area (Å²) in [6.45, 7) is 0. The molecule has 0 aliphatic rings. The van der Waals surface area contributed by atoms with Gasteiger partial charge in [0.2, 0.25) is 10.0 Å². The van der Waals surface area contributed by atoms with Crippen LogP contribution in [0.25, 0.3) is 0 Å². The quantitative estimate of drug-likeness (QED) is 0.817. The number of esters is 1. The molecule has 19 heavy (non-hydrogen) atoms. The Hall–Kier alpha value is -1.34. The number of nitrogens with one attached hydrogen (secondary N) is 1. The summed E-state index contributed by atoms with van der Waals surface area (Å²) < 4.78 is 42.8. The van der Waals surface area contributed by atoms with E-state index in [1.165, 1.54) is 13.2 Å². The standard InChI is InChI=1S/C11H13ClFNO4S/c1-18-11(15)3-2-6-19(16,17)14-10-5-4-8(13)7-9(10)12/h4-5,7,14H,2-3,6H2,1H3. The van der Waals surface area contributed by atoms with Gasteiger partial charge < -0.3 is 4.74 Å². The lowest BCUT2D eigenvalue weighted by molar-refractivity contribution is -0.140. The monoisotopic (exact) mass is 309 g/mol. The molecule has 1 N–H and O–H groups in total. The summed E-state index contributed by atoms with van der Waals surface area (Å²) in [6, 6.07) is 3.33. The molecule has 0 atom stereocenters. The van der Waals surface area contributed by atoms with Crippen LogP contribution < -0.4 is 4.72 Å². The number of ether oxygens (including phenoxy) is 1. The average Bonchev–Trinajstić information content (AvgIpc) is 2.32. The summed E-state index contributed by atoms with van der Waals surface area (Å²) in [5.41, 5.74) is 0.0983. The van der Waals surface area contributed by atoms with Crippen molar-refractivity contribution in [2.75, 3.05) is 17.6 Å². The number of rotatable bonds is 6. The minimum atomic E-state index is -3.64. The van der Waals surface area contributed by atoms with Crippen molar-refractivity contribution in [3.05, 3.63) is 29.0 Å². The predicted molar refractivity (Wildman–Crippen MR) is 70.1 cm³/mol. The lowest BCUT2D eigenvalue weighted by atomic mass is 10.3. The molecule has 1 rings (SSSR count). The summed E-state index contributed by atoms with van der Waals surface area (Å²) in [7, 11) is -2.41. The zero-order valence-corrected chi connectivity index (χ0v) is 11.7. The first kappa shape index (κ1) is 15.7. The molecule has 0 spiro atoms. The molecule has 0 aliphatic heterocycles. The topological polar surface area (TPSA) is 72.5 Å². The molecule has 1 aromatic carbocycles. The smallest absolute Gasteiger partial charge is 0.305 e. The van der Waals surface area contributed by atoms with Gasteiger partial charge in [-0.25, -0.2) is 12.8 Å². The Morgan fingerprint density at radius 3 is 2.74 bits per heavy atom. The maximum absolute atomic E-state index is 12.8. The highest BCUT2D eigenvalue weighted by Crippen LogP contribution is 2.23. The number of carbonyl (C=O) groups is 1. The number of anilines is 1. The Labute approximate surface area is 115 Å². The van der Waals surface area contributed by atoms with Gasteiger partial charge in [-0.05, 0) is 24.6 Å². The first-order valence-corrected chi connectivity index (χ1v) is 7.39. The van der Waals surface area contributed by atoms with Gasteiger partial charge in [0.25, 0.3) is 0 Å². The zero-order chi connectivity index (χ0) is 14.5. The molecule has 0 unspecified atom stereocenters. The maximum Gasteiger partial charge on any atom is 0.305 e. The molecule has 0 amide bonds. The molecule has 0 aliphatic carbocycles. The Balaban J connectivity index is 2.61. The summed E-state index contributed by atoms with van der Waals surface area (Å²) >= 11 is 5.70. The Kier molecular flexibility index (Phi) is 5.56. The van der Waals surface area contributed by atoms with Gasteiger partial charge in [-0.3, -0.25) is 9.52 Å². The van der Waals surface area contributed by atoms with Crippen LogP contribution in [0.15, 0.2) is 18.2 Å². The number of carbonyl (C=O) groups excluding carboxylic acids is 1. The second-order valence-electron chi connectivity index (χ2n) is 3.72. The molecule has 8 heteroatoms. The van der Waals surface area contributed by atoms with Crippen molar-refractivity contribution >= 4 is 33.3 Å². The number of halogens is 2. The van der Waals surface area contributed by atoms with Crippen molar-refractivity contribution in [2.24, 2.45) is 0 Å². The van der Waals surface area contributed by atoms with Gasteiger partial charge in [-0.15, -0.1) is 0 Å². The highest BCUT2D eigenvalue weighted by molar-refractivity contribution is 7.92. The molecule has 0 fully saturated rings. The number of sulfonamides is 1. The van der Waals surface area contributed by atoms with Crippen molar-refractivity contribution in [3.8, 4) is 0 Å². The maximum atomic E-state index is 12.8. The van der Waals surface area contributed by atoms with Crippen LogP contribution in [0.4, 0.5) is 10.1 Å². The van der Waals surface area contributed by atoms with Crippen LogP contribution in [0, 0.1) is 5.82 Å². The lowest BCUT2D eigenvalue weighted by Gasteiger charge is -2.09. The lowest BCUT2D eigenvalue weighted by Crippen LogP contribution is -2.18. The van der Waals surface area contributed by atoms with E-state index in [0.717, 1.165) is 12.1 Å². The predicted octanol–water partition coefficient (Wildman–Crippen LogP) is 2.17. The molecular formula is C11H13ClFNO4S. The minimum Gasteiger partial charge on any atom is -0.469 e. The van der Waals surface area contributed by atoms with E-state index >= 15 is 0 Å². The van der Waals surface area contributed by atoms with E-state index in [4.69, 9.17) is 11.6 Å². The number of methoxy groups -OCH3 is 1. The van der Waals surface area contributed by atoms with Crippen molar-refractivity contribution in [3.63, 3.8) is 0 Å². The Morgan fingerprint density at radius 1 is 1.47 bits per heavy atom. The third-order valence-corrected chi connectivity index (χ3v) is 3.89. The molecule has 5 nitrogen and oxygen atoms in total. The van der Waals surface area contributed by atoms with Gasteiger partial charge >= 0.3 is 5.97 Å². The van der Waals surface area contributed by atoms with Crippen molar-refractivity contribution in [2.45, 2.75) is 12.8 Å². The normalized spacial score (nSPS) is 11.1. The van der Waals surface area contributed by atoms with Crippen molar-refractivity contribution in [1.29, 1.82) is 0 Å². The molecule has 0 heterocycles. The third-order valence-electron chi connectivity index (χ3n) is 2.22. The van der Waals surface area contributed by atoms with Crippen LogP contribution in [-0.4, -0.2) is 27.2 Å². The first-order chi connectivity index (χ1) is 8.84. The Morgan fingerprint density at radius 2 is 2.16 bits per heavy atom. The van der Waals surface area contributed by atoms with E-state index in [9.17, 15) is 17.6 Å². The largest absolute Gasteiger partial charge is 0.469 e. The molecular weight excluding hydrogens is 297 g/mol. The molecule has 1 aromatic rings. The molecule has 106 valence electrons. The van der Waals surface area contributed by atoms with E-state index in [2.05, 4.69) is 9.46 Å². The third kappa shape index (κ3) is 5.44. The molecule has 0 saturated carbocycles. The molecule has 0 saturated heterocycles. The van der Waals surface area contributed by atoms with Crippen molar-refractivity contribution < 1.29 is 22.3 Å². The Bertz CT molecular complexity index is 562. The first-order valence-electron chi connectivity index (χ1n) is 5.36. The van der Waals surface area contributed by atoms with Gasteiger partial charge in [0.1, 0.15) is 5.82 Å². The van der Waals surface area contributed by atoms with Crippen molar-refractivity contribution in [1.82, 2.24) is 0 Å². The summed E-state index contributed by atoms with van der Waals surface area (Å²) in [4.78, 5) is 10.8. The van der Waals surface area contributed by atoms with Crippen LogP contribution in [0.5, 0.6) is 0 Å². The second-order valence-corrected chi connectivity index (χ2v) is 5.97. The zero-order valence-electron chi connectivity index (χ0n) is 10.2. The molecule has 0 radical (unpaired) electrons.